The standard InChI is InChI=1S/C17H14N4O/c1-11-15-16(22-2)13-7-3-4-8-14(13)19-17(15)21(20-11)12-6-5-9-18-10-12/h3-10H,1-2H3. The van der Waals surface area contributed by atoms with Crippen LogP contribution in [0.25, 0.3) is 27.6 Å². The van der Waals surface area contributed by atoms with E-state index in [-0.39, 0.29) is 0 Å². The van der Waals surface area contributed by atoms with E-state index in [9.17, 15) is 0 Å². The van der Waals surface area contributed by atoms with Crippen LogP contribution in [-0.4, -0.2) is 26.9 Å². The lowest BCUT2D eigenvalue weighted by Crippen LogP contribution is -1.99. The maximum Gasteiger partial charge on any atom is 0.167 e. The van der Waals surface area contributed by atoms with E-state index in [2.05, 4.69) is 10.1 Å². The van der Waals surface area contributed by atoms with Gasteiger partial charge in [-0.3, -0.25) is 4.98 Å². The largest absolute Gasteiger partial charge is 0.495 e. The molecule has 0 atom stereocenters. The fourth-order valence-corrected chi connectivity index (χ4v) is 2.77. The minimum absolute atomic E-state index is 0.779. The summed E-state index contributed by atoms with van der Waals surface area (Å²) < 4.78 is 7.47. The Morgan fingerprint density at radius 1 is 1.09 bits per heavy atom. The van der Waals surface area contributed by atoms with E-state index >= 15 is 0 Å². The first-order valence-electron chi connectivity index (χ1n) is 7.02. The number of hydrogen-bond acceptors (Lipinski definition) is 4. The molecule has 0 fully saturated rings. The van der Waals surface area contributed by atoms with Crippen LogP contribution in [0.2, 0.25) is 0 Å². The van der Waals surface area contributed by atoms with Crippen LogP contribution in [0.4, 0.5) is 0 Å². The number of fused-ring (bicyclic) bond motifs is 2. The maximum absolute atomic E-state index is 5.66. The van der Waals surface area contributed by atoms with Gasteiger partial charge in [0.05, 0.1) is 35.6 Å². The SMILES string of the molecule is COc1c2ccccc2nc2c1c(C)nn2-c1cccnc1. The van der Waals surface area contributed by atoms with Crippen molar-refractivity contribution in [3.05, 3.63) is 54.5 Å². The fourth-order valence-electron chi connectivity index (χ4n) is 2.77. The van der Waals surface area contributed by atoms with E-state index in [4.69, 9.17) is 9.72 Å². The lowest BCUT2D eigenvalue weighted by molar-refractivity contribution is 0.424. The molecule has 0 spiro atoms. The average Bonchev–Trinajstić information content (AvgIpc) is 2.90. The van der Waals surface area contributed by atoms with Crippen molar-refractivity contribution in [1.29, 1.82) is 0 Å². The number of nitrogens with zero attached hydrogens (tertiary/aromatic N) is 4. The third-order valence-electron chi connectivity index (χ3n) is 3.73. The molecule has 0 aliphatic rings. The minimum Gasteiger partial charge on any atom is -0.495 e. The fraction of sp³-hybridized carbons (Fsp3) is 0.118. The summed E-state index contributed by atoms with van der Waals surface area (Å²) in [6, 6.07) is 11.8. The van der Waals surface area contributed by atoms with Gasteiger partial charge in [0.15, 0.2) is 5.65 Å². The molecule has 108 valence electrons. The van der Waals surface area contributed by atoms with Crippen LogP contribution < -0.4 is 4.74 Å². The van der Waals surface area contributed by atoms with E-state index in [1.165, 1.54) is 0 Å². The highest BCUT2D eigenvalue weighted by molar-refractivity contribution is 6.01. The normalized spacial score (nSPS) is 11.2. The molecule has 3 heterocycles. The second kappa shape index (κ2) is 4.80. The van der Waals surface area contributed by atoms with E-state index < -0.39 is 0 Å². The van der Waals surface area contributed by atoms with Gasteiger partial charge in [-0.25, -0.2) is 9.67 Å². The van der Waals surface area contributed by atoms with Crippen molar-refractivity contribution in [1.82, 2.24) is 19.7 Å². The van der Waals surface area contributed by atoms with Crippen molar-refractivity contribution in [2.45, 2.75) is 6.92 Å². The zero-order chi connectivity index (χ0) is 15.1. The summed E-state index contributed by atoms with van der Waals surface area (Å²) in [5.74, 6) is 0.813. The zero-order valence-corrected chi connectivity index (χ0v) is 12.3. The molecule has 5 nitrogen and oxygen atoms in total. The molecule has 0 aliphatic carbocycles. The van der Waals surface area contributed by atoms with Crippen molar-refractivity contribution in [2.24, 2.45) is 0 Å². The van der Waals surface area contributed by atoms with Crippen LogP contribution in [-0.2, 0) is 0 Å². The molecule has 5 heteroatoms. The summed E-state index contributed by atoms with van der Waals surface area (Å²) >= 11 is 0. The number of para-hydroxylation sites is 1. The van der Waals surface area contributed by atoms with Gasteiger partial charge in [-0.15, -0.1) is 0 Å². The van der Waals surface area contributed by atoms with Crippen molar-refractivity contribution in [3.8, 4) is 11.4 Å². The Kier molecular flexibility index (Phi) is 2.79. The number of hydrogen-bond donors (Lipinski definition) is 0. The lowest BCUT2D eigenvalue weighted by atomic mass is 10.1. The van der Waals surface area contributed by atoms with Crippen LogP contribution in [0, 0.1) is 6.92 Å². The maximum atomic E-state index is 5.66. The van der Waals surface area contributed by atoms with E-state index in [1.807, 2.05) is 48.0 Å². The second-order valence-electron chi connectivity index (χ2n) is 5.07. The molecule has 0 amide bonds. The molecule has 1 aromatic carbocycles. The van der Waals surface area contributed by atoms with Gasteiger partial charge in [-0.05, 0) is 31.2 Å². The Morgan fingerprint density at radius 2 is 1.95 bits per heavy atom. The molecule has 22 heavy (non-hydrogen) atoms. The Labute approximate surface area is 127 Å². The molecule has 0 saturated heterocycles. The van der Waals surface area contributed by atoms with Crippen LogP contribution in [0.5, 0.6) is 5.75 Å². The van der Waals surface area contributed by atoms with E-state index in [1.54, 1.807) is 19.5 Å². The molecule has 0 aliphatic heterocycles. The first-order chi connectivity index (χ1) is 10.8. The van der Waals surface area contributed by atoms with Crippen molar-refractivity contribution in [3.63, 3.8) is 0 Å². The summed E-state index contributed by atoms with van der Waals surface area (Å²) in [6.07, 6.45) is 3.51. The highest BCUT2D eigenvalue weighted by Gasteiger charge is 2.18. The van der Waals surface area contributed by atoms with Crippen molar-refractivity contribution in [2.75, 3.05) is 7.11 Å². The van der Waals surface area contributed by atoms with Crippen LogP contribution in [0.15, 0.2) is 48.8 Å². The number of aryl methyl sites for hydroxylation is 1. The quantitative estimate of drug-likeness (QED) is 0.568. The molecule has 4 rings (SSSR count). The highest BCUT2D eigenvalue weighted by atomic mass is 16.5. The van der Waals surface area contributed by atoms with Gasteiger partial charge >= 0.3 is 0 Å². The van der Waals surface area contributed by atoms with E-state index in [0.717, 1.165) is 39.1 Å². The Hall–Kier alpha value is -2.95. The first kappa shape index (κ1) is 12.8. The monoisotopic (exact) mass is 290 g/mol. The smallest absolute Gasteiger partial charge is 0.167 e. The van der Waals surface area contributed by atoms with Gasteiger partial charge in [-0.2, -0.15) is 5.10 Å². The molecule has 0 N–H and O–H groups in total. The minimum atomic E-state index is 0.779. The average molecular weight is 290 g/mol. The number of benzene rings is 1. The van der Waals surface area contributed by atoms with Crippen molar-refractivity contribution >= 4 is 21.9 Å². The Bertz CT molecular complexity index is 976. The Balaban J connectivity index is 2.16. The summed E-state index contributed by atoms with van der Waals surface area (Å²) in [7, 11) is 1.68. The van der Waals surface area contributed by atoms with E-state index in [0.29, 0.717) is 0 Å². The van der Waals surface area contributed by atoms with Gasteiger partial charge in [0, 0.05) is 11.6 Å². The third-order valence-corrected chi connectivity index (χ3v) is 3.73. The second-order valence-corrected chi connectivity index (χ2v) is 5.07. The molecular weight excluding hydrogens is 276 g/mol. The van der Waals surface area contributed by atoms with Crippen LogP contribution >= 0.6 is 0 Å². The van der Waals surface area contributed by atoms with Crippen LogP contribution in [0.3, 0.4) is 0 Å². The zero-order valence-electron chi connectivity index (χ0n) is 12.3. The third kappa shape index (κ3) is 1.75. The molecule has 4 aromatic rings. The number of ether oxygens (including phenoxy) is 1. The lowest BCUT2D eigenvalue weighted by Gasteiger charge is -2.08. The van der Waals surface area contributed by atoms with Gasteiger partial charge < -0.3 is 4.74 Å². The molecule has 0 saturated carbocycles. The summed E-state index contributed by atoms with van der Waals surface area (Å²) in [5, 5.41) is 6.55. The van der Waals surface area contributed by atoms with Crippen molar-refractivity contribution < 1.29 is 4.74 Å². The highest BCUT2D eigenvalue weighted by Crippen LogP contribution is 2.35. The van der Waals surface area contributed by atoms with Gasteiger partial charge in [-0.1, -0.05) is 12.1 Å². The molecule has 0 unspecified atom stereocenters. The molecular formula is C17H14N4O. The Morgan fingerprint density at radius 3 is 2.73 bits per heavy atom. The van der Waals surface area contributed by atoms with Gasteiger partial charge in [0.25, 0.3) is 0 Å². The summed E-state index contributed by atoms with van der Waals surface area (Å²) in [4.78, 5) is 8.94. The summed E-state index contributed by atoms with van der Waals surface area (Å²) in [6.45, 7) is 1.97. The number of methoxy groups -OCH3 is 1. The number of pyridine rings is 2. The topological polar surface area (TPSA) is 52.8 Å². The molecule has 3 aromatic heterocycles. The number of rotatable bonds is 2. The van der Waals surface area contributed by atoms with Crippen LogP contribution in [0.1, 0.15) is 5.69 Å². The molecule has 0 bridgehead atoms. The first-order valence-corrected chi connectivity index (χ1v) is 7.02. The predicted molar refractivity (Wildman–Crippen MR) is 85.5 cm³/mol. The van der Waals surface area contributed by atoms with Gasteiger partial charge in [0.2, 0.25) is 0 Å². The van der Waals surface area contributed by atoms with Gasteiger partial charge in [0.1, 0.15) is 5.75 Å². The summed E-state index contributed by atoms with van der Waals surface area (Å²) in [5.41, 5.74) is 3.43. The number of aromatic nitrogens is 4. The predicted octanol–water partition coefficient (Wildman–Crippen LogP) is 3.29. The molecule has 0 radical (unpaired) electrons.